The molecule has 534 valence electrons. The van der Waals surface area contributed by atoms with Gasteiger partial charge in [-0.2, -0.15) is 0 Å². The molecule has 0 saturated heterocycles. The summed E-state index contributed by atoms with van der Waals surface area (Å²) < 4.78 is 68.3. The number of unbranched alkanes of at least 4 members (excludes halogenated alkanes) is 40. The standard InChI is InChI=1S/C71H138O17P2/c1-7-9-11-13-15-17-18-19-20-21-25-30-36-42-48-54-69(74)82-60-67(87-70(75)55-49-43-37-31-26-23-22-24-28-33-39-45-51-63(3)4)62-86-90(79,80)84-58-65(72)57-83-89(77,78)85-61-66(59-81-68(73)53-47-41-35-16-14-12-10-8-2)88-71(76)56-50-44-38-32-27-29-34-40-46-52-64(5)6/h63-67,72H,7-62H2,1-6H3,(H,77,78)(H,79,80)/t65-,66+,67+/m0/s1. The van der Waals surface area contributed by atoms with Crippen LogP contribution < -0.4 is 0 Å². The van der Waals surface area contributed by atoms with Gasteiger partial charge >= 0.3 is 39.5 Å². The highest BCUT2D eigenvalue weighted by atomic mass is 31.2. The van der Waals surface area contributed by atoms with Crippen LogP contribution in [0.25, 0.3) is 0 Å². The molecule has 0 aliphatic heterocycles. The SMILES string of the molecule is CCCCCCCCCCCCCCCCCC(=O)OC[C@H](COP(=O)(O)OC[C@@H](O)COP(=O)(O)OC[C@@H](COC(=O)CCCCCCCCCC)OC(=O)CCCCCCCCCCCC(C)C)OC(=O)CCCCCCCCCCCCCCC(C)C. The number of carbonyl (C=O) groups is 4. The fourth-order valence-corrected chi connectivity index (χ4v) is 12.3. The van der Waals surface area contributed by atoms with E-state index in [2.05, 4.69) is 41.5 Å². The van der Waals surface area contributed by atoms with Crippen LogP contribution in [0.15, 0.2) is 0 Å². The number of rotatable bonds is 70. The first-order valence-electron chi connectivity index (χ1n) is 37.0. The molecule has 0 rings (SSSR count). The van der Waals surface area contributed by atoms with E-state index in [4.69, 9.17) is 37.0 Å². The average molecular weight is 1330 g/mol. The number of phosphoric ester groups is 2. The molecule has 0 bridgehead atoms. The largest absolute Gasteiger partial charge is 0.472 e. The average Bonchev–Trinajstić information content (AvgIpc) is 3.69. The number of hydrogen-bond acceptors (Lipinski definition) is 15. The van der Waals surface area contributed by atoms with Gasteiger partial charge in [-0.3, -0.25) is 37.3 Å². The third kappa shape index (κ3) is 64.8. The zero-order valence-corrected chi connectivity index (χ0v) is 60.2. The Morgan fingerprint density at radius 3 is 0.756 bits per heavy atom. The number of aliphatic hydroxyl groups excluding tert-OH is 1. The molecule has 0 fully saturated rings. The lowest BCUT2D eigenvalue weighted by molar-refractivity contribution is -0.161. The Hall–Kier alpha value is -1.94. The highest BCUT2D eigenvalue weighted by Crippen LogP contribution is 2.45. The molecule has 90 heavy (non-hydrogen) atoms. The number of phosphoric acid groups is 2. The third-order valence-corrected chi connectivity index (χ3v) is 18.4. The highest BCUT2D eigenvalue weighted by Gasteiger charge is 2.30. The van der Waals surface area contributed by atoms with Crippen LogP contribution in [0.4, 0.5) is 0 Å². The summed E-state index contributed by atoms with van der Waals surface area (Å²) in [5, 5.41) is 10.6. The predicted molar refractivity (Wildman–Crippen MR) is 363 cm³/mol. The molecule has 0 aliphatic carbocycles. The Morgan fingerprint density at radius 1 is 0.300 bits per heavy atom. The van der Waals surface area contributed by atoms with Gasteiger partial charge in [0.05, 0.1) is 26.4 Å². The van der Waals surface area contributed by atoms with E-state index in [9.17, 15) is 43.2 Å². The smallest absolute Gasteiger partial charge is 0.462 e. The third-order valence-electron chi connectivity index (χ3n) is 16.5. The summed E-state index contributed by atoms with van der Waals surface area (Å²) in [6.45, 7) is 9.52. The highest BCUT2D eigenvalue weighted by molar-refractivity contribution is 7.47. The van der Waals surface area contributed by atoms with Gasteiger partial charge in [0.15, 0.2) is 12.2 Å². The number of hydrogen-bond donors (Lipinski definition) is 3. The molecule has 0 aliphatic rings. The normalized spacial score (nSPS) is 14.1. The summed E-state index contributed by atoms with van der Waals surface area (Å²) in [6.07, 6.45) is 48.6. The number of esters is 4. The van der Waals surface area contributed by atoms with Gasteiger partial charge in [0.1, 0.15) is 19.3 Å². The van der Waals surface area contributed by atoms with Crippen LogP contribution in [0.1, 0.15) is 363 Å². The maximum Gasteiger partial charge on any atom is 0.472 e. The first-order chi connectivity index (χ1) is 43.4. The Labute approximate surface area is 549 Å². The maximum atomic E-state index is 13.0. The Morgan fingerprint density at radius 2 is 0.511 bits per heavy atom. The van der Waals surface area contributed by atoms with Crippen LogP contribution in [-0.4, -0.2) is 96.7 Å². The molecular formula is C71H138O17P2. The van der Waals surface area contributed by atoms with Crippen molar-refractivity contribution in [1.82, 2.24) is 0 Å². The zero-order chi connectivity index (χ0) is 66.5. The van der Waals surface area contributed by atoms with E-state index in [1.54, 1.807) is 0 Å². The molecular weight excluding hydrogens is 1190 g/mol. The molecule has 2 unspecified atom stereocenters. The van der Waals surface area contributed by atoms with E-state index in [1.807, 2.05) is 0 Å². The lowest BCUT2D eigenvalue weighted by atomic mass is 10.0. The number of carbonyl (C=O) groups excluding carboxylic acids is 4. The van der Waals surface area contributed by atoms with Crippen LogP contribution in [0.5, 0.6) is 0 Å². The minimum Gasteiger partial charge on any atom is -0.462 e. The maximum absolute atomic E-state index is 13.0. The van der Waals surface area contributed by atoms with Crippen LogP contribution in [0, 0.1) is 11.8 Å². The molecule has 0 aromatic rings. The minimum absolute atomic E-state index is 0.105. The molecule has 5 atom stereocenters. The second-order valence-corrected chi connectivity index (χ2v) is 29.5. The lowest BCUT2D eigenvalue weighted by Crippen LogP contribution is -2.30. The summed E-state index contributed by atoms with van der Waals surface area (Å²) in [5.41, 5.74) is 0. The van der Waals surface area contributed by atoms with Crippen molar-refractivity contribution in [2.75, 3.05) is 39.6 Å². The van der Waals surface area contributed by atoms with Crippen LogP contribution in [-0.2, 0) is 65.4 Å². The molecule has 0 radical (unpaired) electrons. The van der Waals surface area contributed by atoms with Crippen molar-refractivity contribution < 1.29 is 80.2 Å². The summed E-state index contributed by atoms with van der Waals surface area (Å²) >= 11 is 0. The molecule has 0 aromatic carbocycles. The molecule has 19 heteroatoms. The van der Waals surface area contributed by atoms with Gasteiger partial charge in [-0.15, -0.1) is 0 Å². The van der Waals surface area contributed by atoms with Crippen molar-refractivity contribution in [2.24, 2.45) is 11.8 Å². The van der Waals surface area contributed by atoms with E-state index in [1.165, 1.54) is 173 Å². The van der Waals surface area contributed by atoms with Gasteiger partial charge in [0.25, 0.3) is 0 Å². The van der Waals surface area contributed by atoms with Gasteiger partial charge in [-0.25, -0.2) is 9.13 Å². The summed E-state index contributed by atoms with van der Waals surface area (Å²) in [4.78, 5) is 72.5. The van der Waals surface area contributed by atoms with Crippen molar-refractivity contribution in [2.45, 2.75) is 381 Å². The fourth-order valence-electron chi connectivity index (χ4n) is 10.8. The summed E-state index contributed by atoms with van der Waals surface area (Å²) in [6, 6.07) is 0. The fraction of sp³-hybridized carbons (Fsp3) is 0.944. The van der Waals surface area contributed by atoms with Crippen molar-refractivity contribution >= 4 is 39.5 Å². The number of ether oxygens (including phenoxy) is 4. The first kappa shape index (κ1) is 88.1. The minimum atomic E-state index is -4.95. The van der Waals surface area contributed by atoms with E-state index in [0.29, 0.717) is 25.7 Å². The van der Waals surface area contributed by atoms with Gasteiger partial charge in [0, 0.05) is 25.7 Å². The summed E-state index contributed by atoms with van der Waals surface area (Å²) in [5.74, 6) is -0.611. The molecule has 0 aromatic heterocycles. The molecule has 0 spiro atoms. The van der Waals surface area contributed by atoms with E-state index in [-0.39, 0.29) is 25.7 Å². The molecule has 0 amide bonds. The summed E-state index contributed by atoms with van der Waals surface area (Å²) in [7, 11) is -9.90. The zero-order valence-electron chi connectivity index (χ0n) is 58.4. The Balaban J connectivity index is 5.23. The van der Waals surface area contributed by atoms with Crippen molar-refractivity contribution in [3.8, 4) is 0 Å². The second-order valence-electron chi connectivity index (χ2n) is 26.6. The van der Waals surface area contributed by atoms with Gasteiger partial charge in [-0.1, -0.05) is 311 Å². The van der Waals surface area contributed by atoms with Crippen LogP contribution in [0.3, 0.4) is 0 Å². The van der Waals surface area contributed by atoms with E-state index < -0.39 is 97.5 Å². The van der Waals surface area contributed by atoms with Crippen molar-refractivity contribution in [3.05, 3.63) is 0 Å². The van der Waals surface area contributed by atoms with Crippen LogP contribution >= 0.6 is 15.6 Å². The Kier molecular flexibility index (Phi) is 61.8. The first-order valence-corrected chi connectivity index (χ1v) is 40.0. The van der Waals surface area contributed by atoms with Gasteiger partial charge < -0.3 is 33.8 Å². The van der Waals surface area contributed by atoms with E-state index in [0.717, 1.165) is 108 Å². The van der Waals surface area contributed by atoms with Gasteiger partial charge in [0.2, 0.25) is 0 Å². The topological polar surface area (TPSA) is 237 Å². The predicted octanol–water partition coefficient (Wildman–Crippen LogP) is 20.4. The van der Waals surface area contributed by atoms with Crippen molar-refractivity contribution in [3.63, 3.8) is 0 Å². The molecule has 3 N–H and O–H groups in total. The monoisotopic (exact) mass is 1320 g/mol. The number of aliphatic hydroxyl groups is 1. The van der Waals surface area contributed by atoms with Crippen molar-refractivity contribution in [1.29, 1.82) is 0 Å². The molecule has 0 saturated carbocycles. The second kappa shape index (κ2) is 63.1. The van der Waals surface area contributed by atoms with E-state index >= 15 is 0 Å². The quantitative estimate of drug-likeness (QED) is 0.0222. The van der Waals surface area contributed by atoms with Gasteiger partial charge in [-0.05, 0) is 37.5 Å². The Bertz CT molecular complexity index is 1750. The molecule has 17 nitrogen and oxygen atoms in total. The van der Waals surface area contributed by atoms with Crippen LogP contribution in [0.2, 0.25) is 0 Å². The lowest BCUT2D eigenvalue weighted by Gasteiger charge is -2.21. The molecule has 0 heterocycles.